The van der Waals surface area contributed by atoms with E-state index in [9.17, 15) is 14.3 Å². The summed E-state index contributed by atoms with van der Waals surface area (Å²) in [7, 11) is 0. The maximum absolute atomic E-state index is 13.3. The number of anilines is 1. The fourth-order valence-electron chi connectivity index (χ4n) is 4.55. The molecule has 1 amide bonds. The number of benzene rings is 3. The van der Waals surface area contributed by atoms with E-state index in [0.29, 0.717) is 43.1 Å². The number of carbonyl (C=O) groups excluding carboxylic acids is 1. The number of rotatable bonds is 9. The standard InChI is InChI=1S/C29H33FN2O4/c1-21(2)18-29(34)16-17-32(19-27(29)36-26-12-8-22(30)9-13-26)20-28(33)31-23-10-14-25(15-11-23)35-24-6-4-3-5-7-24/h3-15,21,27,34H,16-20H2,1-2H3,(H,31,33)/t27-,29+/m0/s1. The molecule has 0 radical (unpaired) electrons. The van der Waals surface area contributed by atoms with Crippen molar-refractivity contribution in [3.05, 3.63) is 84.7 Å². The number of ether oxygens (including phenoxy) is 2. The van der Waals surface area contributed by atoms with Crippen molar-refractivity contribution in [2.45, 2.75) is 38.4 Å². The van der Waals surface area contributed by atoms with Gasteiger partial charge in [0.25, 0.3) is 0 Å². The van der Waals surface area contributed by atoms with E-state index >= 15 is 0 Å². The van der Waals surface area contributed by atoms with Crippen molar-refractivity contribution in [1.29, 1.82) is 0 Å². The maximum Gasteiger partial charge on any atom is 0.238 e. The highest BCUT2D eigenvalue weighted by atomic mass is 19.1. The molecule has 0 spiro atoms. The van der Waals surface area contributed by atoms with Gasteiger partial charge in [-0.2, -0.15) is 0 Å². The lowest BCUT2D eigenvalue weighted by Crippen LogP contribution is -2.59. The summed E-state index contributed by atoms with van der Waals surface area (Å²) in [4.78, 5) is 14.7. The summed E-state index contributed by atoms with van der Waals surface area (Å²) < 4.78 is 25.2. The van der Waals surface area contributed by atoms with Gasteiger partial charge in [0, 0.05) is 18.8 Å². The summed E-state index contributed by atoms with van der Waals surface area (Å²) in [5.74, 6) is 1.70. The molecule has 6 nitrogen and oxygen atoms in total. The quantitative estimate of drug-likeness (QED) is 0.414. The van der Waals surface area contributed by atoms with Crippen LogP contribution < -0.4 is 14.8 Å². The Labute approximate surface area is 211 Å². The second-order valence-corrected chi connectivity index (χ2v) is 9.73. The third-order valence-corrected chi connectivity index (χ3v) is 6.22. The summed E-state index contributed by atoms with van der Waals surface area (Å²) in [5.41, 5.74) is -0.350. The molecule has 1 fully saturated rings. The molecular formula is C29H33FN2O4. The number of likely N-dealkylation sites (tertiary alicyclic amines) is 1. The summed E-state index contributed by atoms with van der Waals surface area (Å²) in [6.45, 7) is 5.25. The second kappa shape index (κ2) is 11.5. The molecule has 36 heavy (non-hydrogen) atoms. The van der Waals surface area contributed by atoms with Gasteiger partial charge < -0.3 is 19.9 Å². The van der Waals surface area contributed by atoms with Gasteiger partial charge in [-0.05, 0) is 79.4 Å². The Morgan fingerprint density at radius 3 is 2.33 bits per heavy atom. The summed E-state index contributed by atoms with van der Waals surface area (Å²) in [6.07, 6.45) is 0.521. The average Bonchev–Trinajstić information content (AvgIpc) is 2.84. The molecule has 0 aliphatic carbocycles. The molecule has 2 N–H and O–H groups in total. The second-order valence-electron chi connectivity index (χ2n) is 9.73. The molecule has 190 valence electrons. The Morgan fingerprint density at radius 2 is 1.67 bits per heavy atom. The fourth-order valence-corrected chi connectivity index (χ4v) is 4.55. The van der Waals surface area contributed by atoms with E-state index in [1.165, 1.54) is 12.1 Å². The Kier molecular flexibility index (Phi) is 8.23. The van der Waals surface area contributed by atoms with Crippen LogP contribution in [0, 0.1) is 11.7 Å². The fraction of sp³-hybridized carbons (Fsp3) is 0.345. The van der Waals surface area contributed by atoms with Crippen LogP contribution >= 0.6 is 0 Å². The number of amides is 1. The molecule has 1 heterocycles. The highest BCUT2D eigenvalue weighted by molar-refractivity contribution is 5.92. The average molecular weight is 493 g/mol. The van der Waals surface area contributed by atoms with Crippen molar-refractivity contribution in [1.82, 2.24) is 4.90 Å². The van der Waals surface area contributed by atoms with Crippen LogP contribution in [0.25, 0.3) is 0 Å². The number of nitrogens with one attached hydrogen (secondary N) is 1. The number of para-hydroxylation sites is 1. The van der Waals surface area contributed by atoms with Gasteiger partial charge in [0.15, 0.2) is 0 Å². The topological polar surface area (TPSA) is 71.0 Å². The molecule has 1 saturated heterocycles. The zero-order valence-corrected chi connectivity index (χ0v) is 20.7. The van der Waals surface area contributed by atoms with Crippen LogP contribution in [0.4, 0.5) is 10.1 Å². The van der Waals surface area contributed by atoms with E-state index in [4.69, 9.17) is 9.47 Å². The Balaban J connectivity index is 1.35. The predicted octanol–water partition coefficient (Wildman–Crippen LogP) is 5.49. The summed E-state index contributed by atoms with van der Waals surface area (Å²) >= 11 is 0. The van der Waals surface area contributed by atoms with Gasteiger partial charge in [-0.3, -0.25) is 9.69 Å². The first-order valence-corrected chi connectivity index (χ1v) is 12.3. The Bertz CT molecular complexity index is 1120. The normalized spacial score (nSPS) is 20.2. The molecule has 0 unspecified atom stereocenters. The first-order chi connectivity index (χ1) is 17.3. The Hall–Kier alpha value is -3.42. The van der Waals surface area contributed by atoms with Gasteiger partial charge in [-0.15, -0.1) is 0 Å². The van der Waals surface area contributed by atoms with Crippen molar-refractivity contribution in [3.8, 4) is 17.2 Å². The molecule has 1 aliphatic rings. The highest BCUT2D eigenvalue weighted by Crippen LogP contribution is 2.32. The maximum atomic E-state index is 13.3. The van der Waals surface area contributed by atoms with E-state index < -0.39 is 11.7 Å². The molecule has 3 aromatic rings. The van der Waals surface area contributed by atoms with Crippen molar-refractivity contribution in [2.24, 2.45) is 5.92 Å². The summed E-state index contributed by atoms with van der Waals surface area (Å²) in [6, 6.07) is 22.5. The van der Waals surface area contributed by atoms with Crippen LogP contribution in [0.3, 0.4) is 0 Å². The van der Waals surface area contributed by atoms with Crippen molar-refractivity contribution >= 4 is 11.6 Å². The first-order valence-electron chi connectivity index (χ1n) is 12.3. The minimum Gasteiger partial charge on any atom is -0.486 e. The van der Waals surface area contributed by atoms with Crippen molar-refractivity contribution in [3.63, 3.8) is 0 Å². The van der Waals surface area contributed by atoms with Gasteiger partial charge in [0.1, 0.15) is 34.8 Å². The molecule has 2 atom stereocenters. The number of piperidine rings is 1. The van der Waals surface area contributed by atoms with E-state index in [1.807, 2.05) is 47.4 Å². The SMILES string of the molecule is CC(C)C[C@]1(O)CCN(CC(=O)Nc2ccc(Oc3ccccc3)cc2)C[C@@H]1Oc1ccc(F)cc1. The zero-order valence-electron chi connectivity index (χ0n) is 20.7. The molecule has 7 heteroatoms. The number of hydrogen-bond donors (Lipinski definition) is 2. The third-order valence-electron chi connectivity index (χ3n) is 6.22. The van der Waals surface area contributed by atoms with Crippen molar-refractivity contribution < 1.29 is 23.8 Å². The molecule has 0 saturated carbocycles. The largest absolute Gasteiger partial charge is 0.486 e. The predicted molar refractivity (Wildman–Crippen MR) is 138 cm³/mol. The number of nitrogens with zero attached hydrogens (tertiary/aromatic N) is 1. The number of halogens is 1. The molecule has 0 bridgehead atoms. The minimum absolute atomic E-state index is 0.151. The smallest absolute Gasteiger partial charge is 0.238 e. The first kappa shape index (κ1) is 25.7. The molecule has 4 rings (SSSR count). The number of hydrogen-bond acceptors (Lipinski definition) is 5. The molecular weight excluding hydrogens is 459 g/mol. The third kappa shape index (κ3) is 7.06. The van der Waals surface area contributed by atoms with Crippen LogP contribution in [-0.4, -0.2) is 47.3 Å². The molecule has 3 aromatic carbocycles. The zero-order chi connectivity index (χ0) is 25.5. The summed E-state index contributed by atoms with van der Waals surface area (Å²) in [5, 5.41) is 14.3. The highest BCUT2D eigenvalue weighted by Gasteiger charge is 2.43. The lowest BCUT2D eigenvalue weighted by atomic mass is 9.81. The van der Waals surface area contributed by atoms with Crippen LogP contribution in [-0.2, 0) is 4.79 Å². The van der Waals surface area contributed by atoms with Crippen LogP contribution in [0.2, 0.25) is 0 Å². The van der Waals surface area contributed by atoms with Gasteiger partial charge in [-0.25, -0.2) is 4.39 Å². The van der Waals surface area contributed by atoms with Gasteiger partial charge in [0.2, 0.25) is 5.91 Å². The van der Waals surface area contributed by atoms with Crippen molar-refractivity contribution in [2.75, 3.05) is 25.0 Å². The molecule has 0 aromatic heterocycles. The van der Waals surface area contributed by atoms with Crippen LogP contribution in [0.15, 0.2) is 78.9 Å². The van der Waals surface area contributed by atoms with E-state index in [2.05, 4.69) is 19.2 Å². The van der Waals surface area contributed by atoms with Gasteiger partial charge in [-0.1, -0.05) is 32.0 Å². The van der Waals surface area contributed by atoms with Gasteiger partial charge >= 0.3 is 0 Å². The lowest BCUT2D eigenvalue weighted by Gasteiger charge is -2.45. The lowest BCUT2D eigenvalue weighted by molar-refractivity contribution is -0.129. The number of carbonyl (C=O) groups is 1. The Morgan fingerprint density at radius 1 is 1.03 bits per heavy atom. The monoisotopic (exact) mass is 492 g/mol. The van der Waals surface area contributed by atoms with E-state index in [0.717, 1.165) is 5.75 Å². The minimum atomic E-state index is -1.02. The molecule has 1 aliphatic heterocycles. The van der Waals surface area contributed by atoms with Crippen LogP contribution in [0.1, 0.15) is 26.7 Å². The van der Waals surface area contributed by atoms with E-state index in [-0.39, 0.29) is 24.2 Å². The van der Waals surface area contributed by atoms with Gasteiger partial charge in [0.05, 0.1) is 6.54 Å². The van der Waals surface area contributed by atoms with E-state index in [1.54, 1.807) is 24.3 Å². The number of aliphatic hydroxyl groups is 1. The van der Waals surface area contributed by atoms with Crippen LogP contribution in [0.5, 0.6) is 17.2 Å².